The summed E-state index contributed by atoms with van der Waals surface area (Å²) in [6, 6.07) is 65.6. The molecule has 2 aromatic heterocycles. The van der Waals surface area contributed by atoms with Gasteiger partial charge in [-0.25, -0.2) is 15.0 Å². The highest BCUT2D eigenvalue weighted by Crippen LogP contribution is 2.40. The number of rotatable bonds is 6. The SMILES string of the molecule is c1ccc(-c2cc(-c3ccccc3)nc(-c3ccc(-c4cc5c(-c6ccccc6)cc(-c6ccccc6)nc5c5ccccc45)cc3)n2)cc1. The second-order valence-electron chi connectivity index (χ2n) is 12.4. The van der Waals surface area contributed by atoms with Gasteiger partial charge in [-0.3, -0.25) is 0 Å². The van der Waals surface area contributed by atoms with E-state index in [-0.39, 0.29) is 0 Å². The zero-order chi connectivity index (χ0) is 33.3. The van der Waals surface area contributed by atoms with Gasteiger partial charge in [0, 0.05) is 33.0 Å². The Bertz CT molecular complexity index is 2540. The number of nitrogens with zero attached hydrogens (tertiary/aromatic N) is 3. The van der Waals surface area contributed by atoms with Gasteiger partial charge in [-0.2, -0.15) is 0 Å². The molecule has 0 aliphatic carbocycles. The van der Waals surface area contributed by atoms with Crippen molar-refractivity contribution in [2.45, 2.75) is 0 Å². The zero-order valence-corrected chi connectivity index (χ0v) is 27.2. The van der Waals surface area contributed by atoms with Gasteiger partial charge >= 0.3 is 0 Å². The third-order valence-electron chi connectivity index (χ3n) is 9.29. The Morgan fingerprint density at radius 2 is 0.660 bits per heavy atom. The molecule has 9 rings (SSSR count). The summed E-state index contributed by atoms with van der Waals surface area (Å²) >= 11 is 0. The molecule has 0 unspecified atom stereocenters. The molecule has 0 saturated carbocycles. The van der Waals surface area contributed by atoms with Crippen LogP contribution in [0.4, 0.5) is 0 Å². The van der Waals surface area contributed by atoms with E-state index in [0.29, 0.717) is 5.82 Å². The van der Waals surface area contributed by atoms with E-state index in [1.807, 2.05) is 42.5 Å². The van der Waals surface area contributed by atoms with Gasteiger partial charge in [-0.15, -0.1) is 0 Å². The Morgan fingerprint density at radius 3 is 1.20 bits per heavy atom. The van der Waals surface area contributed by atoms with Crippen LogP contribution in [0.2, 0.25) is 0 Å². The number of hydrogen-bond donors (Lipinski definition) is 0. The van der Waals surface area contributed by atoms with E-state index in [0.717, 1.165) is 77.7 Å². The molecule has 9 aromatic rings. The summed E-state index contributed by atoms with van der Waals surface area (Å²) < 4.78 is 0. The maximum absolute atomic E-state index is 5.30. The molecule has 0 aliphatic rings. The molecule has 7 aromatic carbocycles. The van der Waals surface area contributed by atoms with Crippen LogP contribution in [0.3, 0.4) is 0 Å². The van der Waals surface area contributed by atoms with Crippen LogP contribution in [0.15, 0.2) is 188 Å². The van der Waals surface area contributed by atoms with Gasteiger partial charge < -0.3 is 0 Å². The van der Waals surface area contributed by atoms with Crippen molar-refractivity contribution in [2.24, 2.45) is 0 Å². The van der Waals surface area contributed by atoms with Gasteiger partial charge in [-0.05, 0) is 45.8 Å². The van der Waals surface area contributed by atoms with Crippen molar-refractivity contribution in [2.75, 3.05) is 0 Å². The number of aromatic nitrogens is 3. The third kappa shape index (κ3) is 5.51. The second-order valence-corrected chi connectivity index (χ2v) is 12.4. The molecule has 3 heteroatoms. The lowest BCUT2D eigenvalue weighted by Crippen LogP contribution is -1.96. The molecule has 0 N–H and O–H groups in total. The molecule has 0 radical (unpaired) electrons. The van der Waals surface area contributed by atoms with Crippen molar-refractivity contribution in [1.29, 1.82) is 0 Å². The Hall–Kier alpha value is -6.71. The maximum Gasteiger partial charge on any atom is 0.160 e. The van der Waals surface area contributed by atoms with Crippen molar-refractivity contribution < 1.29 is 0 Å². The molecular formula is C47H31N3. The first-order valence-corrected chi connectivity index (χ1v) is 16.9. The lowest BCUT2D eigenvalue weighted by atomic mass is 9.91. The fourth-order valence-electron chi connectivity index (χ4n) is 6.79. The van der Waals surface area contributed by atoms with E-state index in [1.165, 1.54) is 5.56 Å². The molecule has 0 aliphatic heterocycles. The molecule has 50 heavy (non-hydrogen) atoms. The first-order valence-electron chi connectivity index (χ1n) is 16.9. The van der Waals surface area contributed by atoms with Gasteiger partial charge in [0.05, 0.1) is 22.6 Å². The minimum Gasteiger partial charge on any atom is -0.247 e. The molecular weight excluding hydrogens is 607 g/mol. The normalized spacial score (nSPS) is 11.2. The van der Waals surface area contributed by atoms with Crippen LogP contribution in [0.1, 0.15) is 0 Å². The van der Waals surface area contributed by atoms with Crippen LogP contribution in [-0.2, 0) is 0 Å². The summed E-state index contributed by atoms with van der Waals surface area (Å²) in [5.41, 5.74) is 12.6. The largest absolute Gasteiger partial charge is 0.247 e. The van der Waals surface area contributed by atoms with Crippen LogP contribution >= 0.6 is 0 Å². The highest BCUT2D eigenvalue weighted by molar-refractivity contribution is 6.16. The Morgan fingerprint density at radius 1 is 0.260 bits per heavy atom. The molecule has 0 fully saturated rings. The fourth-order valence-corrected chi connectivity index (χ4v) is 6.79. The predicted molar refractivity (Wildman–Crippen MR) is 207 cm³/mol. The predicted octanol–water partition coefficient (Wildman–Crippen LogP) is 12.2. The Labute approximate surface area is 291 Å². The Kier molecular flexibility index (Phi) is 7.49. The van der Waals surface area contributed by atoms with E-state index in [1.54, 1.807) is 0 Å². The van der Waals surface area contributed by atoms with Crippen LogP contribution in [0.5, 0.6) is 0 Å². The Balaban J connectivity index is 1.21. The van der Waals surface area contributed by atoms with Crippen molar-refractivity contribution in [3.63, 3.8) is 0 Å². The zero-order valence-electron chi connectivity index (χ0n) is 27.2. The number of fused-ring (bicyclic) bond motifs is 3. The topological polar surface area (TPSA) is 38.7 Å². The quantitative estimate of drug-likeness (QED) is 0.170. The van der Waals surface area contributed by atoms with Crippen LogP contribution in [0, 0.1) is 0 Å². The molecule has 0 atom stereocenters. The highest BCUT2D eigenvalue weighted by Gasteiger charge is 2.17. The van der Waals surface area contributed by atoms with Gasteiger partial charge in [0.15, 0.2) is 5.82 Å². The summed E-state index contributed by atoms with van der Waals surface area (Å²) in [7, 11) is 0. The van der Waals surface area contributed by atoms with Gasteiger partial charge in [-0.1, -0.05) is 170 Å². The number of hydrogen-bond acceptors (Lipinski definition) is 3. The minimum atomic E-state index is 0.698. The van der Waals surface area contributed by atoms with E-state index < -0.39 is 0 Å². The minimum absolute atomic E-state index is 0.698. The third-order valence-corrected chi connectivity index (χ3v) is 9.29. The molecule has 3 nitrogen and oxygen atoms in total. The van der Waals surface area contributed by atoms with Crippen molar-refractivity contribution in [3.05, 3.63) is 188 Å². The van der Waals surface area contributed by atoms with E-state index in [9.17, 15) is 0 Å². The fraction of sp³-hybridized carbons (Fsp3) is 0. The van der Waals surface area contributed by atoms with Crippen molar-refractivity contribution in [1.82, 2.24) is 15.0 Å². The van der Waals surface area contributed by atoms with Crippen LogP contribution in [0.25, 0.3) is 89.1 Å². The van der Waals surface area contributed by atoms with Gasteiger partial charge in [0.1, 0.15) is 0 Å². The lowest BCUT2D eigenvalue weighted by Gasteiger charge is -2.16. The molecule has 0 bridgehead atoms. The van der Waals surface area contributed by atoms with E-state index >= 15 is 0 Å². The highest BCUT2D eigenvalue weighted by atomic mass is 14.9. The van der Waals surface area contributed by atoms with Gasteiger partial charge in [0.2, 0.25) is 0 Å². The average Bonchev–Trinajstić information content (AvgIpc) is 3.21. The molecule has 234 valence electrons. The van der Waals surface area contributed by atoms with E-state index in [4.69, 9.17) is 15.0 Å². The monoisotopic (exact) mass is 637 g/mol. The van der Waals surface area contributed by atoms with Crippen LogP contribution < -0.4 is 0 Å². The lowest BCUT2D eigenvalue weighted by molar-refractivity contribution is 1.18. The van der Waals surface area contributed by atoms with E-state index in [2.05, 4.69) is 146 Å². The summed E-state index contributed by atoms with van der Waals surface area (Å²) in [6.07, 6.45) is 0. The molecule has 0 spiro atoms. The summed E-state index contributed by atoms with van der Waals surface area (Å²) in [4.78, 5) is 15.4. The van der Waals surface area contributed by atoms with Gasteiger partial charge in [0.25, 0.3) is 0 Å². The van der Waals surface area contributed by atoms with Crippen LogP contribution in [-0.4, -0.2) is 15.0 Å². The average molecular weight is 638 g/mol. The second kappa shape index (κ2) is 12.7. The smallest absolute Gasteiger partial charge is 0.160 e. The standard InChI is InChI=1S/C47H31N3/c1-5-15-32(16-6-1)41-30-43(34-17-7-2-8-18-34)48-46-39-24-14-13-23-38(39)40(29-42(41)46)33-25-27-37(28-26-33)47-49-44(35-19-9-3-10-20-35)31-45(50-47)36-21-11-4-12-22-36/h1-31H. The first-order chi connectivity index (χ1) is 24.8. The molecule has 0 amide bonds. The van der Waals surface area contributed by atoms with Crippen molar-refractivity contribution >= 4 is 21.7 Å². The number of pyridine rings is 1. The number of benzene rings is 7. The molecule has 0 saturated heterocycles. The summed E-state index contributed by atoms with van der Waals surface area (Å²) in [5, 5.41) is 3.42. The maximum atomic E-state index is 5.30. The first kappa shape index (κ1) is 29.4. The summed E-state index contributed by atoms with van der Waals surface area (Å²) in [6.45, 7) is 0. The molecule has 2 heterocycles. The van der Waals surface area contributed by atoms with Crippen molar-refractivity contribution in [3.8, 4) is 67.4 Å². The summed E-state index contributed by atoms with van der Waals surface area (Å²) in [5.74, 6) is 0.698.